The molecule has 1 aliphatic rings. The lowest BCUT2D eigenvalue weighted by atomic mass is 10.0. The normalized spacial score (nSPS) is 17.2. The fourth-order valence-electron chi connectivity index (χ4n) is 3.70. The van der Waals surface area contributed by atoms with E-state index in [9.17, 15) is 4.79 Å². The van der Waals surface area contributed by atoms with Crippen molar-refractivity contribution in [1.29, 1.82) is 0 Å². The van der Waals surface area contributed by atoms with Gasteiger partial charge in [-0.05, 0) is 68.3 Å². The highest BCUT2D eigenvalue weighted by Crippen LogP contribution is 2.23. The van der Waals surface area contributed by atoms with Gasteiger partial charge in [0.05, 0.1) is 0 Å². The van der Waals surface area contributed by atoms with E-state index >= 15 is 0 Å². The molecule has 150 valence electrons. The lowest BCUT2D eigenvalue weighted by Crippen LogP contribution is -2.36. The number of amides is 1. The Labute approximate surface area is 175 Å². The Bertz CT molecular complexity index is 984. The molecule has 1 fully saturated rings. The van der Waals surface area contributed by atoms with E-state index in [1.54, 1.807) is 18.2 Å². The van der Waals surface area contributed by atoms with Crippen LogP contribution in [0.3, 0.4) is 0 Å². The zero-order valence-corrected chi connectivity index (χ0v) is 17.2. The monoisotopic (exact) mass is 409 g/mol. The average molecular weight is 410 g/mol. The van der Waals surface area contributed by atoms with Crippen LogP contribution in [0.15, 0.2) is 59.1 Å². The first-order valence-corrected chi connectivity index (χ1v) is 10.3. The van der Waals surface area contributed by atoms with Crippen molar-refractivity contribution in [3.05, 3.63) is 70.9 Å². The van der Waals surface area contributed by atoms with Gasteiger partial charge in [0.15, 0.2) is 11.5 Å². The Morgan fingerprint density at radius 1 is 1.21 bits per heavy atom. The van der Waals surface area contributed by atoms with Crippen molar-refractivity contribution >= 4 is 23.2 Å². The van der Waals surface area contributed by atoms with E-state index in [2.05, 4.69) is 28.4 Å². The van der Waals surface area contributed by atoms with E-state index in [1.165, 1.54) is 24.8 Å². The van der Waals surface area contributed by atoms with Gasteiger partial charge in [-0.15, -0.1) is 0 Å². The number of anilines is 1. The van der Waals surface area contributed by atoms with Gasteiger partial charge in [-0.2, -0.15) is 0 Å². The van der Waals surface area contributed by atoms with Crippen LogP contribution in [0.1, 0.15) is 42.2 Å². The summed E-state index contributed by atoms with van der Waals surface area (Å²) in [5.41, 5.74) is 3.01. The van der Waals surface area contributed by atoms with E-state index in [-0.39, 0.29) is 11.6 Å². The van der Waals surface area contributed by atoms with Crippen molar-refractivity contribution < 1.29 is 9.32 Å². The molecular weight excluding hydrogens is 386 g/mol. The molecule has 0 bridgehead atoms. The van der Waals surface area contributed by atoms with Crippen LogP contribution in [0.4, 0.5) is 5.69 Å². The van der Waals surface area contributed by atoms with Crippen LogP contribution in [-0.4, -0.2) is 28.6 Å². The summed E-state index contributed by atoms with van der Waals surface area (Å²) in [7, 11) is 0. The highest BCUT2D eigenvalue weighted by Gasteiger charge is 2.18. The number of hydrogen-bond acceptors (Lipinski definition) is 4. The largest absolute Gasteiger partial charge is 0.355 e. The number of carbonyl (C=O) groups is 1. The molecule has 0 aliphatic carbocycles. The first-order chi connectivity index (χ1) is 14.1. The number of nitrogens with zero attached hydrogens (tertiary/aromatic N) is 2. The Hall–Kier alpha value is -2.63. The van der Waals surface area contributed by atoms with Gasteiger partial charge >= 0.3 is 0 Å². The summed E-state index contributed by atoms with van der Waals surface area (Å²) in [5, 5.41) is 7.47. The molecule has 2 heterocycles. The first kappa shape index (κ1) is 19.7. The Morgan fingerprint density at radius 2 is 2.03 bits per heavy atom. The molecule has 1 atom stereocenters. The lowest BCUT2D eigenvalue weighted by Gasteiger charge is -2.33. The quantitative estimate of drug-likeness (QED) is 0.594. The highest BCUT2D eigenvalue weighted by molar-refractivity contribution is 6.30. The number of likely N-dealkylation sites (tertiary alicyclic amines) is 1. The molecule has 1 amide bonds. The van der Waals surface area contributed by atoms with Crippen LogP contribution in [0.25, 0.3) is 11.3 Å². The van der Waals surface area contributed by atoms with Crippen molar-refractivity contribution in [2.45, 2.75) is 38.8 Å². The van der Waals surface area contributed by atoms with E-state index in [0.717, 1.165) is 24.3 Å². The molecule has 1 N–H and O–H groups in total. The third-order valence-electron chi connectivity index (χ3n) is 5.38. The zero-order chi connectivity index (χ0) is 20.2. The van der Waals surface area contributed by atoms with Crippen molar-refractivity contribution in [1.82, 2.24) is 10.1 Å². The maximum Gasteiger partial charge on any atom is 0.277 e. The van der Waals surface area contributed by atoms with Crippen LogP contribution in [0.5, 0.6) is 0 Å². The third-order valence-corrected chi connectivity index (χ3v) is 5.63. The minimum atomic E-state index is -0.294. The topological polar surface area (TPSA) is 58.4 Å². The van der Waals surface area contributed by atoms with Crippen molar-refractivity contribution in [3.63, 3.8) is 0 Å². The van der Waals surface area contributed by atoms with Crippen LogP contribution in [-0.2, 0) is 6.54 Å². The van der Waals surface area contributed by atoms with Gasteiger partial charge in [-0.3, -0.25) is 9.69 Å². The molecule has 29 heavy (non-hydrogen) atoms. The summed E-state index contributed by atoms with van der Waals surface area (Å²) in [4.78, 5) is 15.1. The summed E-state index contributed by atoms with van der Waals surface area (Å²) in [5.74, 6) is 0.233. The first-order valence-electron chi connectivity index (χ1n) is 9.95. The molecule has 5 nitrogen and oxygen atoms in total. The second-order valence-electron chi connectivity index (χ2n) is 7.55. The fraction of sp³-hybridized carbons (Fsp3) is 0.304. The Balaban J connectivity index is 1.43. The summed E-state index contributed by atoms with van der Waals surface area (Å²) >= 11 is 5.91. The molecule has 6 heteroatoms. The van der Waals surface area contributed by atoms with E-state index in [1.807, 2.05) is 30.3 Å². The van der Waals surface area contributed by atoms with Gasteiger partial charge < -0.3 is 9.84 Å². The molecule has 1 aromatic heterocycles. The molecule has 0 unspecified atom stereocenters. The lowest BCUT2D eigenvalue weighted by molar-refractivity contribution is 0.101. The summed E-state index contributed by atoms with van der Waals surface area (Å²) in [6.07, 6.45) is 3.81. The van der Waals surface area contributed by atoms with Crippen molar-refractivity contribution in [2.75, 3.05) is 11.9 Å². The van der Waals surface area contributed by atoms with Gasteiger partial charge in [0.1, 0.15) is 0 Å². The van der Waals surface area contributed by atoms with Crippen molar-refractivity contribution in [2.24, 2.45) is 0 Å². The van der Waals surface area contributed by atoms with Gasteiger partial charge in [0.25, 0.3) is 5.91 Å². The predicted molar refractivity (Wildman–Crippen MR) is 115 cm³/mol. The molecule has 3 aromatic rings. The SMILES string of the molecule is C[C@H]1CCCCN1Cc1cccc(NC(=O)c2cc(-c3ccc(Cl)cc3)on2)c1. The highest BCUT2D eigenvalue weighted by atomic mass is 35.5. The Kier molecular flexibility index (Phi) is 5.97. The van der Waals surface area contributed by atoms with E-state index in [4.69, 9.17) is 16.1 Å². The molecule has 1 aliphatic heterocycles. The average Bonchev–Trinajstić information content (AvgIpc) is 3.21. The molecule has 4 rings (SSSR count). The fourth-order valence-corrected chi connectivity index (χ4v) is 3.83. The zero-order valence-electron chi connectivity index (χ0n) is 16.4. The van der Waals surface area contributed by atoms with Crippen molar-refractivity contribution in [3.8, 4) is 11.3 Å². The third kappa shape index (κ3) is 4.86. The maximum atomic E-state index is 12.6. The number of halogens is 1. The second-order valence-corrected chi connectivity index (χ2v) is 7.99. The Morgan fingerprint density at radius 3 is 2.83 bits per heavy atom. The second kappa shape index (κ2) is 8.80. The number of aromatic nitrogens is 1. The van der Waals surface area contributed by atoms with Gasteiger partial charge in [-0.1, -0.05) is 35.3 Å². The minimum Gasteiger partial charge on any atom is -0.355 e. The standard InChI is InChI=1S/C23H24ClN3O2/c1-16-5-2-3-12-27(16)15-17-6-4-7-20(13-17)25-23(28)21-14-22(29-26-21)18-8-10-19(24)11-9-18/h4,6-11,13-14,16H,2-3,5,12,15H2,1H3,(H,25,28)/t16-/m0/s1. The smallest absolute Gasteiger partial charge is 0.277 e. The van der Waals surface area contributed by atoms with Crippen LogP contribution in [0, 0.1) is 0 Å². The molecule has 2 aromatic carbocycles. The molecule has 0 saturated carbocycles. The molecule has 1 saturated heterocycles. The number of carbonyl (C=O) groups excluding carboxylic acids is 1. The number of benzene rings is 2. The van der Waals surface area contributed by atoms with Crippen LogP contribution in [0.2, 0.25) is 5.02 Å². The van der Waals surface area contributed by atoms with Crippen LogP contribution >= 0.6 is 11.6 Å². The minimum absolute atomic E-state index is 0.241. The molecule has 0 spiro atoms. The van der Waals surface area contributed by atoms with Gasteiger partial charge in [-0.25, -0.2) is 0 Å². The maximum absolute atomic E-state index is 12.6. The number of rotatable bonds is 5. The van der Waals surface area contributed by atoms with Gasteiger partial charge in [0, 0.05) is 34.9 Å². The van der Waals surface area contributed by atoms with Gasteiger partial charge in [0.2, 0.25) is 0 Å². The number of hydrogen-bond donors (Lipinski definition) is 1. The van der Waals surface area contributed by atoms with Crippen LogP contribution < -0.4 is 5.32 Å². The summed E-state index contributed by atoms with van der Waals surface area (Å²) < 4.78 is 5.32. The molecular formula is C23H24ClN3O2. The van der Waals surface area contributed by atoms with E-state index in [0.29, 0.717) is 16.8 Å². The molecule has 0 radical (unpaired) electrons. The van der Waals surface area contributed by atoms with E-state index < -0.39 is 0 Å². The summed E-state index contributed by atoms with van der Waals surface area (Å²) in [6, 6.07) is 17.4. The predicted octanol–water partition coefficient (Wildman–Crippen LogP) is 5.62. The summed E-state index contributed by atoms with van der Waals surface area (Å²) in [6.45, 7) is 4.31. The number of piperidine rings is 1. The number of nitrogens with one attached hydrogen (secondary N) is 1.